The fourth-order valence-electron chi connectivity index (χ4n) is 2.13. The van der Waals surface area contributed by atoms with Crippen LogP contribution < -0.4 is 0 Å². The Morgan fingerprint density at radius 2 is 1.90 bits per heavy atom. The van der Waals surface area contributed by atoms with Gasteiger partial charge < -0.3 is 5.11 Å². The van der Waals surface area contributed by atoms with E-state index in [1.54, 1.807) is 6.92 Å². The summed E-state index contributed by atoms with van der Waals surface area (Å²) in [5.41, 5.74) is -1.33. The van der Waals surface area contributed by atoms with Crippen molar-refractivity contribution in [1.82, 2.24) is 0 Å². The molecule has 0 unspecified atom stereocenters. The highest BCUT2D eigenvalue weighted by atomic mass is 35.5. The first-order valence-electron chi connectivity index (χ1n) is 6.25. The van der Waals surface area contributed by atoms with Gasteiger partial charge in [-0.3, -0.25) is 0 Å². The molecule has 0 heterocycles. The minimum absolute atomic E-state index is 0.0132. The molecule has 0 bridgehead atoms. The number of hydrogen-bond acceptors (Lipinski definition) is 3. The minimum Gasteiger partial charge on any atom is -0.478 e. The first kappa shape index (κ1) is 17.8. The maximum Gasteiger partial charge on any atom is 0.349 e. The van der Waals surface area contributed by atoms with Crippen LogP contribution in [0.25, 0.3) is 0 Å². The minimum atomic E-state index is -4.05. The van der Waals surface area contributed by atoms with Crippen molar-refractivity contribution in [2.24, 2.45) is 0 Å². The first-order valence-corrected chi connectivity index (χ1v) is 8.28. The Hall–Kier alpha value is -1.21. The van der Waals surface area contributed by atoms with Gasteiger partial charge in [-0.15, -0.1) is 0 Å². The highest BCUT2D eigenvalue weighted by Crippen LogP contribution is 2.39. The molecule has 8 heteroatoms. The van der Waals surface area contributed by atoms with Crippen LogP contribution in [-0.2, 0) is 21.6 Å². The van der Waals surface area contributed by atoms with Gasteiger partial charge in [0.15, 0.2) is 9.84 Å². The maximum absolute atomic E-state index is 13.5. The van der Waals surface area contributed by atoms with Crippen LogP contribution in [0.3, 0.4) is 0 Å². The predicted octanol–water partition coefficient (Wildman–Crippen LogP) is 3.42. The molecule has 0 fully saturated rings. The number of carbonyl (C=O) groups is 1. The quantitative estimate of drug-likeness (QED) is 0.805. The molecule has 0 saturated heterocycles. The molecular weight excluding hydrogens is 326 g/mol. The van der Waals surface area contributed by atoms with Crippen molar-refractivity contribution in [3.63, 3.8) is 0 Å². The average molecular weight is 341 g/mol. The first-order chi connectivity index (χ1) is 9.56. The second-order valence-corrected chi connectivity index (χ2v) is 6.96. The third-order valence-corrected chi connectivity index (χ3v) is 5.17. The normalized spacial score (nSPS) is 12.4. The molecule has 1 aromatic carbocycles. The summed E-state index contributed by atoms with van der Waals surface area (Å²) in [7, 11) is -4.05. The summed E-state index contributed by atoms with van der Waals surface area (Å²) in [6, 6.07) is 1.72. The molecule has 1 N–H and O–H groups in total. The molecule has 1 rings (SSSR count). The van der Waals surface area contributed by atoms with Crippen LogP contribution in [0.1, 0.15) is 41.8 Å². The van der Waals surface area contributed by atoms with E-state index in [1.807, 2.05) is 0 Å². The van der Waals surface area contributed by atoms with E-state index in [1.165, 1.54) is 6.92 Å². The van der Waals surface area contributed by atoms with Crippen LogP contribution in [0.5, 0.6) is 0 Å². The third kappa shape index (κ3) is 3.71. The molecule has 0 amide bonds. The number of sulfone groups is 1. The largest absolute Gasteiger partial charge is 0.478 e. The van der Waals surface area contributed by atoms with Gasteiger partial charge in [0.05, 0.1) is 21.8 Å². The fraction of sp³-hybridized carbons (Fsp3) is 0.462. The van der Waals surface area contributed by atoms with E-state index < -0.39 is 31.6 Å². The Balaban J connectivity index is 3.84. The van der Waals surface area contributed by atoms with Gasteiger partial charge in [-0.05, 0) is 42.1 Å². The number of rotatable bonds is 6. The summed E-state index contributed by atoms with van der Waals surface area (Å²) in [5.74, 6) is -1.73. The van der Waals surface area contributed by atoms with Crippen molar-refractivity contribution in [1.29, 1.82) is 0 Å². The molecule has 4 nitrogen and oxygen atoms in total. The second-order valence-electron chi connectivity index (χ2n) is 4.44. The second kappa shape index (κ2) is 6.27. The number of benzene rings is 1. The number of hydrogen-bond donors (Lipinski definition) is 1. The van der Waals surface area contributed by atoms with E-state index in [0.717, 1.165) is 12.1 Å². The Kier molecular flexibility index (Phi) is 5.33. The number of alkyl halides is 3. The lowest BCUT2D eigenvalue weighted by Gasteiger charge is -2.19. The highest BCUT2D eigenvalue weighted by Gasteiger charge is 2.37. The van der Waals surface area contributed by atoms with Gasteiger partial charge >= 0.3 is 11.4 Å². The van der Waals surface area contributed by atoms with Crippen molar-refractivity contribution in [2.75, 3.05) is 5.75 Å². The van der Waals surface area contributed by atoms with Gasteiger partial charge in [0.25, 0.3) is 0 Å². The van der Waals surface area contributed by atoms with Crippen LogP contribution in [0, 0.1) is 0 Å². The highest BCUT2D eigenvalue weighted by molar-refractivity contribution is 7.91. The number of carboxylic acids is 1. The zero-order valence-corrected chi connectivity index (χ0v) is 13.1. The lowest BCUT2D eigenvalue weighted by atomic mass is 10.0. The third-order valence-electron chi connectivity index (χ3n) is 2.93. The van der Waals surface area contributed by atoms with Gasteiger partial charge in [0, 0.05) is 0 Å². The van der Waals surface area contributed by atoms with Crippen LogP contribution >= 0.6 is 11.6 Å². The molecular formula is C13H15ClF2O4S. The molecule has 1 aromatic rings. The Morgan fingerprint density at radius 3 is 2.29 bits per heavy atom. The SMILES string of the molecule is CCCS(=O)(=O)c1c(C(F)(F)Cl)ccc(C(=O)O)c1CC. The summed E-state index contributed by atoms with van der Waals surface area (Å²) in [4.78, 5) is 10.5. The predicted molar refractivity (Wildman–Crippen MR) is 74.9 cm³/mol. The number of aromatic carboxylic acids is 1. The molecule has 0 aliphatic heterocycles. The monoisotopic (exact) mass is 340 g/mol. The summed E-state index contributed by atoms with van der Waals surface area (Å²) in [6.07, 6.45) is 0.205. The smallest absolute Gasteiger partial charge is 0.349 e. The van der Waals surface area contributed by atoms with E-state index in [2.05, 4.69) is 0 Å². The van der Waals surface area contributed by atoms with E-state index in [4.69, 9.17) is 16.7 Å². The van der Waals surface area contributed by atoms with Crippen molar-refractivity contribution in [3.8, 4) is 0 Å². The molecule has 0 aliphatic rings. The maximum atomic E-state index is 13.5. The number of carboxylic acid groups (broad SMARTS) is 1. The van der Waals surface area contributed by atoms with Gasteiger partial charge in [0.2, 0.25) is 0 Å². The van der Waals surface area contributed by atoms with Crippen molar-refractivity contribution in [3.05, 3.63) is 28.8 Å². The fourth-order valence-corrected chi connectivity index (χ4v) is 4.24. The van der Waals surface area contributed by atoms with E-state index in [9.17, 15) is 22.0 Å². The van der Waals surface area contributed by atoms with E-state index in [-0.39, 0.29) is 29.7 Å². The standard InChI is InChI=1S/C13H15ClF2O4S/c1-3-7-21(19,20)11-8(4-2)9(12(17)18)5-6-10(11)13(14,15)16/h5-6H,3-4,7H2,1-2H3,(H,17,18). The van der Waals surface area contributed by atoms with E-state index >= 15 is 0 Å². The topological polar surface area (TPSA) is 71.4 Å². The van der Waals surface area contributed by atoms with Crippen LogP contribution in [-0.4, -0.2) is 25.2 Å². The molecule has 0 spiro atoms. The van der Waals surface area contributed by atoms with Crippen LogP contribution in [0.15, 0.2) is 17.0 Å². The van der Waals surface area contributed by atoms with Crippen LogP contribution in [0.4, 0.5) is 8.78 Å². The Morgan fingerprint density at radius 1 is 1.33 bits per heavy atom. The summed E-state index contributed by atoms with van der Waals surface area (Å²) < 4.78 is 51.5. The molecule has 0 aliphatic carbocycles. The van der Waals surface area contributed by atoms with E-state index in [0.29, 0.717) is 0 Å². The summed E-state index contributed by atoms with van der Waals surface area (Å²) in [5, 5.41) is 5.20. The lowest BCUT2D eigenvalue weighted by Crippen LogP contribution is -2.19. The molecule has 21 heavy (non-hydrogen) atoms. The van der Waals surface area contributed by atoms with Gasteiger partial charge in [-0.25, -0.2) is 13.2 Å². The molecule has 0 aromatic heterocycles. The lowest BCUT2D eigenvalue weighted by molar-refractivity contribution is 0.0692. The average Bonchev–Trinajstić information content (AvgIpc) is 2.35. The zero-order valence-electron chi connectivity index (χ0n) is 11.5. The van der Waals surface area contributed by atoms with Crippen molar-refractivity contribution in [2.45, 2.75) is 37.0 Å². The molecule has 0 saturated carbocycles. The molecule has 118 valence electrons. The summed E-state index contributed by atoms with van der Waals surface area (Å²) in [6.45, 7) is 3.09. The summed E-state index contributed by atoms with van der Waals surface area (Å²) >= 11 is 4.99. The van der Waals surface area contributed by atoms with Gasteiger partial charge in [0.1, 0.15) is 0 Å². The zero-order chi connectivity index (χ0) is 16.4. The molecule has 0 atom stereocenters. The Bertz CT molecular complexity index is 651. The molecule has 0 radical (unpaired) electrons. The van der Waals surface area contributed by atoms with Gasteiger partial charge in [-0.1, -0.05) is 13.8 Å². The van der Waals surface area contributed by atoms with Crippen LogP contribution in [0.2, 0.25) is 0 Å². The van der Waals surface area contributed by atoms with Crippen molar-refractivity contribution < 1.29 is 27.1 Å². The van der Waals surface area contributed by atoms with Crippen molar-refractivity contribution >= 4 is 27.4 Å². The number of halogens is 3. The van der Waals surface area contributed by atoms with Gasteiger partial charge in [-0.2, -0.15) is 8.78 Å². The Labute approximate surface area is 126 Å².